The average molecular weight is 393 g/mol. The third-order valence-corrected chi connectivity index (χ3v) is 6.36. The number of anilines is 2. The first kappa shape index (κ1) is 18.0. The van der Waals surface area contributed by atoms with Gasteiger partial charge in [0.05, 0.1) is 17.5 Å². The Morgan fingerprint density at radius 3 is 2.38 bits per heavy atom. The molecule has 0 radical (unpaired) electrons. The van der Waals surface area contributed by atoms with Crippen molar-refractivity contribution in [3.8, 4) is 0 Å². The van der Waals surface area contributed by atoms with E-state index >= 15 is 0 Å². The van der Waals surface area contributed by atoms with Gasteiger partial charge < -0.3 is 5.32 Å². The van der Waals surface area contributed by atoms with Crippen molar-refractivity contribution in [3.63, 3.8) is 0 Å². The van der Waals surface area contributed by atoms with E-state index in [9.17, 15) is 18.8 Å². The van der Waals surface area contributed by atoms with Crippen molar-refractivity contribution in [2.24, 2.45) is 17.8 Å². The number of amides is 3. The van der Waals surface area contributed by atoms with Crippen molar-refractivity contribution in [1.29, 1.82) is 0 Å². The van der Waals surface area contributed by atoms with E-state index in [-0.39, 0.29) is 23.8 Å². The van der Waals surface area contributed by atoms with Crippen molar-refractivity contribution in [1.82, 2.24) is 5.32 Å². The third-order valence-electron chi connectivity index (χ3n) is 6.36. The van der Waals surface area contributed by atoms with Gasteiger partial charge in [-0.1, -0.05) is 32.0 Å². The zero-order chi connectivity index (χ0) is 20.5. The topological polar surface area (TPSA) is 78.5 Å². The van der Waals surface area contributed by atoms with E-state index < -0.39 is 29.1 Å². The van der Waals surface area contributed by atoms with E-state index in [1.165, 1.54) is 24.3 Å². The monoisotopic (exact) mass is 393 g/mol. The Morgan fingerprint density at radius 2 is 1.69 bits per heavy atom. The predicted octanol–water partition coefficient (Wildman–Crippen LogP) is 2.41. The van der Waals surface area contributed by atoms with Gasteiger partial charge >= 0.3 is 0 Å². The van der Waals surface area contributed by atoms with E-state index in [1.807, 2.05) is 32.0 Å². The highest BCUT2D eigenvalue weighted by atomic mass is 19.1. The van der Waals surface area contributed by atoms with Crippen LogP contribution in [0.3, 0.4) is 0 Å². The quantitative estimate of drug-likeness (QED) is 0.768. The molecule has 0 bridgehead atoms. The molecule has 1 spiro atoms. The van der Waals surface area contributed by atoms with Crippen LogP contribution < -0.4 is 15.5 Å². The maximum absolute atomic E-state index is 13.6. The van der Waals surface area contributed by atoms with E-state index in [4.69, 9.17) is 0 Å². The second-order valence-electron chi connectivity index (χ2n) is 8.21. The second-order valence-corrected chi connectivity index (χ2v) is 8.21. The van der Waals surface area contributed by atoms with Gasteiger partial charge in [-0.15, -0.1) is 0 Å². The summed E-state index contributed by atoms with van der Waals surface area (Å²) in [7, 11) is 0. The average Bonchev–Trinajstić information content (AvgIpc) is 3.28. The van der Waals surface area contributed by atoms with Crippen LogP contribution in [-0.2, 0) is 19.9 Å². The number of hydrogen-bond donors (Lipinski definition) is 2. The molecular formula is C22H20FN3O3. The van der Waals surface area contributed by atoms with Gasteiger partial charge in [0.2, 0.25) is 17.7 Å². The van der Waals surface area contributed by atoms with Gasteiger partial charge in [0.25, 0.3) is 0 Å². The van der Waals surface area contributed by atoms with Gasteiger partial charge in [-0.2, -0.15) is 0 Å². The van der Waals surface area contributed by atoms with E-state index in [0.717, 1.165) is 4.90 Å². The summed E-state index contributed by atoms with van der Waals surface area (Å²) in [5.41, 5.74) is 0.358. The summed E-state index contributed by atoms with van der Waals surface area (Å²) < 4.78 is 13.4. The summed E-state index contributed by atoms with van der Waals surface area (Å²) in [6, 6.07) is 12.2. The number of hydrogen-bond acceptors (Lipinski definition) is 4. The zero-order valence-corrected chi connectivity index (χ0v) is 16.0. The molecule has 5 rings (SSSR count). The first-order valence-corrected chi connectivity index (χ1v) is 9.68. The first-order chi connectivity index (χ1) is 13.9. The largest absolute Gasteiger partial charge is 0.324 e. The van der Waals surface area contributed by atoms with Gasteiger partial charge in [0, 0.05) is 17.3 Å². The van der Waals surface area contributed by atoms with E-state index in [0.29, 0.717) is 16.9 Å². The molecule has 4 atom stereocenters. The molecule has 0 unspecified atom stereocenters. The zero-order valence-electron chi connectivity index (χ0n) is 16.0. The fourth-order valence-electron chi connectivity index (χ4n) is 5.11. The molecule has 3 aliphatic rings. The molecular weight excluding hydrogens is 373 g/mol. The summed E-state index contributed by atoms with van der Waals surface area (Å²) >= 11 is 0. The standard InChI is InChI=1S/C22H20FN3O3/c1-11(2)18-16-17(20(28)26(19(16)27)13-9-7-12(23)8-10-13)22(25-18)14-5-3-4-6-15(14)24-21(22)29/h3-11,16-18,25H,1-2H3,(H,24,29)/t16-,17-,18-,22-/m0/s1. The number of nitrogens with zero attached hydrogens (tertiary/aromatic N) is 1. The number of imide groups is 1. The molecule has 0 aromatic heterocycles. The van der Waals surface area contributed by atoms with Crippen LogP contribution in [0.2, 0.25) is 0 Å². The lowest BCUT2D eigenvalue weighted by atomic mass is 9.76. The van der Waals surface area contributed by atoms with Crippen LogP contribution in [0.4, 0.5) is 15.8 Å². The molecule has 0 saturated carbocycles. The predicted molar refractivity (Wildman–Crippen MR) is 104 cm³/mol. The summed E-state index contributed by atoms with van der Waals surface area (Å²) in [6.45, 7) is 3.93. The number of carbonyl (C=O) groups is 3. The fraction of sp³-hybridized carbons (Fsp3) is 0.318. The Bertz CT molecular complexity index is 1050. The number of nitrogens with one attached hydrogen (secondary N) is 2. The molecule has 7 heteroatoms. The fourth-order valence-corrected chi connectivity index (χ4v) is 5.11. The molecule has 2 N–H and O–H groups in total. The highest BCUT2D eigenvalue weighted by Gasteiger charge is 2.70. The van der Waals surface area contributed by atoms with Crippen LogP contribution >= 0.6 is 0 Å². The van der Waals surface area contributed by atoms with Crippen molar-refractivity contribution in [2.75, 3.05) is 10.2 Å². The molecule has 0 aliphatic carbocycles. The molecule has 2 aromatic rings. The van der Waals surface area contributed by atoms with Gasteiger partial charge in [-0.25, -0.2) is 9.29 Å². The number of carbonyl (C=O) groups excluding carboxylic acids is 3. The Balaban J connectivity index is 1.68. The third kappa shape index (κ3) is 2.22. The maximum Gasteiger partial charge on any atom is 0.250 e. The van der Waals surface area contributed by atoms with Crippen LogP contribution in [-0.4, -0.2) is 23.8 Å². The molecule has 148 valence electrons. The van der Waals surface area contributed by atoms with Crippen LogP contribution in [0.1, 0.15) is 19.4 Å². The molecule has 29 heavy (non-hydrogen) atoms. The Kier molecular flexibility index (Phi) is 3.70. The van der Waals surface area contributed by atoms with E-state index in [2.05, 4.69) is 10.6 Å². The smallest absolute Gasteiger partial charge is 0.250 e. The lowest BCUT2D eigenvalue weighted by Gasteiger charge is -2.30. The van der Waals surface area contributed by atoms with Gasteiger partial charge in [0.15, 0.2) is 0 Å². The SMILES string of the molecule is CC(C)[C@@H]1N[C@]2(C(=O)Nc3ccccc32)[C@@H]2C(=O)N(c3ccc(F)cc3)C(=O)[C@@H]21. The minimum Gasteiger partial charge on any atom is -0.324 e. The molecule has 2 saturated heterocycles. The van der Waals surface area contributed by atoms with Crippen molar-refractivity contribution < 1.29 is 18.8 Å². The Hall–Kier alpha value is -3.06. The van der Waals surface area contributed by atoms with Crippen LogP contribution in [0.25, 0.3) is 0 Å². The summed E-state index contributed by atoms with van der Waals surface area (Å²) in [6.07, 6.45) is 0. The Labute approximate surface area is 167 Å². The number of benzene rings is 2. The minimum atomic E-state index is -1.29. The highest BCUT2D eigenvalue weighted by molar-refractivity contribution is 6.25. The van der Waals surface area contributed by atoms with Crippen LogP contribution in [0.5, 0.6) is 0 Å². The minimum absolute atomic E-state index is 0.0207. The van der Waals surface area contributed by atoms with Gasteiger partial charge in [-0.3, -0.25) is 19.7 Å². The van der Waals surface area contributed by atoms with Gasteiger partial charge in [-0.05, 0) is 36.2 Å². The number of para-hydroxylation sites is 1. The normalized spacial score (nSPS) is 30.3. The number of rotatable bonds is 2. The van der Waals surface area contributed by atoms with Crippen LogP contribution in [0, 0.1) is 23.6 Å². The molecule has 6 nitrogen and oxygen atoms in total. The highest BCUT2D eigenvalue weighted by Crippen LogP contribution is 2.54. The van der Waals surface area contributed by atoms with Crippen molar-refractivity contribution in [2.45, 2.75) is 25.4 Å². The van der Waals surface area contributed by atoms with Gasteiger partial charge in [0.1, 0.15) is 11.4 Å². The molecule has 2 aromatic carbocycles. The summed E-state index contributed by atoms with van der Waals surface area (Å²) in [5.74, 6) is -3.08. The second kappa shape index (κ2) is 5.97. The molecule has 2 fully saturated rings. The lowest BCUT2D eigenvalue weighted by molar-refractivity contribution is -0.130. The van der Waals surface area contributed by atoms with E-state index in [1.54, 1.807) is 6.07 Å². The Morgan fingerprint density at radius 1 is 1.00 bits per heavy atom. The molecule has 3 aliphatic heterocycles. The molecule has 3 heterocycles. The molecule has 3 amide bonds. The summed E-state index contributed by atoms with van der Waals surface area (Å²) in [5, 5.41) is 6.24. The van der Waals surface area contributed by atoms with Crippen molar-refractivity contribution in [3.05, 3.63) is 59.9 Å². The lowest BCUT2D eigenvalue weighted by Crippen LogP contribution is -2.54. The van der Waals surface area contributed by atoms with Crippen molar-refractivity contribution >= 4 is 29.1 Å². The first-order valence-electron chi connectivity index (χ1n) is 9.68. The number of fused-ring (bicyclic) bond motifs is 4. The van der Waals surface area contributed by atoms with Crippen LogP contribution in [0.15, 0.2) is 48.5 Å². The summed E-state index contributed by atoms with van der Waals surface area (Å²) in [4.78, 5) is 41.3. The maximum atomic E-state index is 13.6. The number of halogens is 1.